The first-order valence-corrected chi connectivity index (χ1v) is 12.4. The molecule has 0 aromatic heterocycles. The van der Waals surface area contributed by atoms with Gasteiger partial charge in [0.25, 0.3) is 15.7 Å². The first-order valence-electron chi connectivity index (χ1n) is 11.0. The molecule has 8 nitrogen and oxygen atoms in total. The summed E-state index contributed by atoms with van der Waals surface area (Å²) in [6.45, 7) is 3.90. The Hall–Kier alpha value is -3.72. The molecule has 0 aliphatic heterocycles. The predicted molar refractivity (Wildman–Crippen MR) is 131 cm³/mol. The normalized spacial score (nSPS) is 11.1. The number of benzene rings is 3. The van der Waals surface area contributed by atoms with E-state index in [9.17, 15) is 23.3 Å². The highest BCUT2D eigenvalue weighted by atomic mass is 32.2. The number of amides is 1. The van der Waals surface area contributed by atoms with Crippen LogP contribution in [0.25, 0.3) is 0 Å². The van der Waals surface area contributed by atoms with Gasteiger partial charge in [0.2, 0.25) is 5.91 Å². The molecule has 0 atom stereocenters. The predicted octanol–water partition coefficient (Wildman–Crippen LogP) is 4.23. The Morgan fingerprint density at radius 3 is 2.21 bits per heavy atom. The maximum atomic E-state index is 13.4. The average Bonchev–Trinajstić information content (AvgIpc) is 2.86. The molecule has 178 valence electrons. The molecule has 0 unspecified atom stereocenters. The zero-order chi connectivity index (χ0) is 24.7. The van der Waals surface area contributed by atoms with Gasteiger partial charge < -0.3 is 5.32 Å². The van der Waals surface area contributed by atoms with Gasteiger partial charge in [0.05, 0.1) is 15.5 Å². The zero-order valence-corrected chi connectivity index (χ0v) is 19.9. The van der Waals surface area contributed by atoms with E-state index in [1.165, 1.54) is 36.4 Å². The SMILES string of the molecule is CCc1ccc(CC)c(CNC(=O)CN(c2ccc([N+](=O)[O-])cc2)S(=O)(=O)c2ccccc2)c1. The highest BCUT2D eigenvalue weighted by Gasteiger charge is 2.27. The fourth-order valence-corrected chi connectivity index (χ4v) is 5.01. The molecule has 9 heteroatoms. The molecule has 3 aromatic carbocycles. The minimum Gasteiger partial charge on any atom is -0.350 e. The molecule has 0 aliphatic carbocycles. The van der Waals surface area contributed by atoms with Gasteiger partial charge in [-0.2, -0.15) is 0 Å². The molecule has 34 heavy (non-hydrogen) atoms. The van der Waals surface area contributed by atoms with Gasteiger partial charge >= 0.3 is 0 Å². The fraction of sp³-hybridized carbons (Fsp3) is 0.240. The molecule has 3 aromatic rings. The maximum Gasteiger partial charge on any atom is 0.269 e. The molecule has 1 N–H and O–H groups in total. The van der Waals surface area contributed by atoms with Gasteiger partial charge in [-0.15, -0.1) is 0 Å². The number of hydrogen-bond acceptors (Lipinski definition) is 5. The summed E-state index contributed by atoms with van der Waals surface area (Å²) in [4.78, 5) is 23.3. The van der Waals surface area contributed by atoms with E-state index < -0.39 is 27.4 Å². The standard InChI is InChI=1S/C25H27N3O5S/c1-3-19-10-11-20(4-2)21(16-19)17-26-25(29)18-27(22-12-14-23(15-13-22)28(30)31)34(32,33)24-8-6-5-7-9-24/h5-16H,3-4,17-18H2,1-2H3,(H,26,29). The largest absolute Gasteiger partial charge is 0.350 e. The Bertz CT molecular complexity index is 1260. The lowest BCUT2D eigenvalue weighted by molar-refractivity contribution is -0.384. The molecule has 0 heterocycles. The number of non-ortho nitro benzene ring substituents is 1. The van der Waals surface area contributed by atoms with Crippen molar-refractivity contribution in [1.29, 1.82) is 0 Å². The van der Waals surface area contributed by atoms with Crippen LogP contribution in [-0.2, 0) is 34.2 Å². The molecule has 0 saturated heterocycles. The second-order valence-corrected chi connectivity index (χ2v) is 9.55. The Balaban J connectivity index is 1.87. The van der Waals surface area contributed by atoms with E-state index in [2.05, 4.69) is 18.3 Å². The van der Waals surface area contributed by atoms with Crippen LogP contribution in [-0.4, -0.2) is 25.8 Å². The van der Waals surface area contributed by atoms with Crippen LogP contribution in [0, 0.1) is 10.1 Å². The number of nitrogens with one attached hydrogen (secondary N) is 1. The van der Waals surface area contributed by atoms with Crippen molar-refractivity contribution in [1.82, 2.24) is 5.32 Å². The van der Waals surface area contributed by atoms with Crippen molar-refractivity contribution in [3.8, 4) is 0 Å². The van der Waals surface area contributed by atoms with Crippen molar-refractivity contribution >= 4 is 27.3 Å². The maximum absolute atomic E-state index is 13.4. The van der Waals surface area contributed by atoms with Crippen LogP contribution < -0.4 is 9.62 Å². The number of anilines is 1. The van der Waals surface area contributed by atoms with Crippen LogP contribution in [0.2, 0.25) is 0 Å². The number of hydrogen-bond donors (Lipinski definition) is 1. The van der Waals surface area contributed by atoms with Gasteiger partial charge in [0.1, 0.15) is 6.54 Å². The summed E-state index contributed by atoms with van der Waals surface area (Å²) in [5.41, 5.74) is 3.24. The molecular weight excluding hydrogens is 454 g/mol. The molecule has 0 radical (unpaired) electrons. The van der Waals surface area contributed by atoms with E-state index in [1.807, 2.05) is 19.1 Å². The average molecular weight is 482 g/mol. The van der Waals surface area contributed by atoms with Crippen LogP contribution in [0.3, 0.4) is 0 Å². The van der Waals surface area contributed by atoms with Crippen LogP contribution in [0.4, 0.5) is 11.4 Å². The summed E-state index contributed by atoms with van der Waals surface area (Å²) < 4.78 is 27.7. The number of nitro groups is 1. The second-order valence-electron chi connectivity index (χ2n) is 7.69. The zero-order valence-electron chi connectivity index (χ0n) is 19.1. The Morgan fingerprint density at radius 1 is 0.941 bits per heavy atom. The Labute approximate surface area is 199 Å². The topological polar surface area (TPSA) is 110 Å². The van der Waals surface area contributed by atoms with E-state index in [0.717, 1.165) is 33.8 Å². The fourth-order valence-electron chi connectivity index (χ4n) is 3.56. The molecular formula is C25H27N3O5S. The number of nitrogens with zero attached hydrogens (tertiary/aromatic N) is 2. The van der Waals surface area contributed by atoms with Gasteiger partial charge in [-0.3, -0.25) is 19.2 Å². The van der Waals surface area contributed by atoms with E-state index >= 15 is 0 Å². The third-order valence-corrected chi connectivity index (χ3v) is 7.29. The summed E-state index contributed by atoms with van der Waals surface area (Å²) in [7, 11) is -4.09. The highest BCUT2D eigenvalue weighted by Crippen LogP contribution is 2.25. The van der Waals surface area contributed by atoms with E-state index in [4.69, 9.17) is 0 Å². The van der Waals surface area contributed by atoms with Gasteiger partial charge in [-0.25, -0.2) is 8.42 Å². The lowest BCUT2D eigenvalue weighted by Gasteiger charge is -2.24. The first kappa shape index (κ1) is 24.9. The molecule has 0 aliphatic rings. The molecule has 0 bridgehead atoms. The van der Waals surface area contributed by atoms with E-state index in [-0.39, 0.29) is 22.8 Å². The number of aryl methyl sites for hydroxylation is 2. The van der Waals surface area contributed by atoms with Gasteiger partial charge in [-0.1, -0.05) is 50.2 Å². The number of rotatable bonds is 10. The van der Waals surface area contributed by atoms with E-state index in [1.54, 1.807) is 18.2 Å². The van der Waals surface area contributed by atoms with Crippen molar-refractivity contribution in [2.24, 2.45) is 0 Å². The first-order chi connectivity index (χ1) is 16.3. The number of sulfonamides is 1. The number of carbonyl (C=O) groups is 1. The van der Waals surface area contributed by atoms with Crippen molar-refractivity contribution in [3.05, 3.63) is 99.6 Å². The molecule has 0 spiro atoms. The summed E-state index contributed by atoms with van der Waals surface area (Å²) in [6, 6.07) is 19.0. The quantitative estimate of drug-likeness (QED) is 0.344. The molecule has 3 rings (SSSR count). The van der Waals surface area contributed by atoms with Crippen LogP contribution in [0.5, 0.6) is 0 Å². The van der Waals surface area contributed by atoms with Crippen LogP contribution >= 0.6 is 0 Å². The second kappa shape index (κ2) is 10.9. The van der Waals surface area contributed by atoms with Gasteiger partial charge in [0, 0.05) is 18.7 Å². The summed E-state index contributed by atoms with van der Waals surface area (Å²) in [5, 5.41) is 13.8. The van der Waals surface area contributed by atoms with Gasteiger partial charge in [0.15, 0.2) is 0 Å². The van der Waals surface area contributed by atoms with Crippen LogP contribution in [0.15, 0.2) is 77.7 Å². The smallest absolute Gasteiger partial charge is 0.269 e. The Kier molecular flexibility index (Phi) is 8.01. The summed E-state index contributed by atoms with van der Waals surface area (Å²) >= 11 is 0. The van der Waals surface area contributed by atoms with Crippen molar-refractivity contribution in [3.63, 3.8) is 0 Å². The highest BCUT2D eigenvalue weighted by molar-refractivity contribution is 7.92. The molecule has 0 saturated carbocycles. The Morgan fingerprint density at radius 2 is 1.62 bits per heavy atom. The van der Waals surface area contributed by atoms with Crippen LogP contribution in [0.1, 0.15) is 30.5 Å². The molecule has 0 fully saturated rings. The number of carbonyl (C=O) groups excluding carboxylic acids is 1. The monoisotopic (exact) mass is 481 g/mol. The third-order valence-electron chi connectivity index (χ3n) is 5.50. The number of nitro benzene ring substituents is 1. The minimum atomic E-state index is -4.09. The van der Waals surface area contributed by atoms with E-state index in [0.29, 0.717) is 0 Å². The third kappa shape index (κ3) is 5.79. The summed E-state index contributed by atoms with van der Waals surface area (Å²) in [6.07, 6.45) is 1.68. The van der Waals surface area contributed by atoms with Crippen molar-refractivity contribution in [2.75, 3.05) is 10.8 Å². The summed E-state index contributed by atoms with van der Waals surface area (Å²) in [5.74, 6) is -0.484. The molecule has 1 amide bonds. The lowest BCUT2D eigenvalue weighted by Crippen LogP contribution is -2.40. The van der Waals surface area contributed by atoms with Crippen molar-refractivity contribution < 1.29 is 18.1 Å². The minimum absolute atomic E-state index is 0.0186. The lowest BCUT2D eigenvalue weighted by atomic mass is 10.0. The van der Waals surface area contributed by atoms with Gasteiger partial charge in [-0.05, 0) is 53.8 Å². The van der Waals surface area contributed by atoms with Crippen molar-refractivity contribution in [2.45, 2.75) is 38.1 Å².